The number of esters is 1. The topological polar surface area (TPSA) is 72.9 Å². The Kier molecular flexibility index (Phi) is 6.75. The second kappa shape index (κ2) is 8.65. The predicted molar refractivity (Wildman–Crippen MR) is 106 cm³/mol. The van der Waals surface area contributed by atoms with Crippen LogP contribution in [0.1, 0.15) is 10.4 Å². The van der Waals surface area contributed by atoms with Crippen molar-refractivity contribution in [2.45, 2.75) is 4.90 Å². The number of hydrogen-bond acceptors (Lipinski definition) is 5. The fourth-order valence-corrected chi connectivity index (χ4v) is 4.60. The van der Waals surface area contributed by atoms with Crippen LogP contribution in [0.25, 0.3) is 0 Å². The van der Waals surface area contributed by atoms with Crippen LogP contribution in [-0.2, 0) is 14.8 Å². The molecule has 27 heavy (non-hydrogen) atoms. The molecule has 2 aromatic rings. The average molecular weight is 430 g/mol. The van der Waals surface area contributed by atoms with Crippen LogP contribution in [0.5, 0.6) is 5.75 Å². The van der Waals surface area contributed by atoms with E-state index >= 15 is 0 Å². The van der Waals surface area contributed by atoms with Crippen LogP contribution in [0.15, 0.2) is 53.9 Å². The molecule has 0 aromatic heterocycles. The zero-order chi connectivity index (χ0) is 20.2. The van der Waals surface area contributed by atoms with Gasteiger partial charge in [0.25, 0.3) is 10.0 Å². The van der Waals surface area contributed by atoms with Crippen LogP contribution >= 0.6 is 23.2 Å². The molecule has 6 nitrogen and oxygen atoms in total. The third-order valence-corrected chi connectivity index (χ3v) is 6.46. The summed E-state index contributed by atoms with van der Waals surface area (Å²) >= 11 is 12.3. The second-order valence-electron chi connectivity index (χ2n) is 5.26. The van der Waals surface area contributed by atoms with Crippen LogP contribution in [0.2, 0.25) is 10.0 Å². The molecule has 144 valence electrons. The van der Waals surface area contributed by atoms with Crippen LogP contribution in [0, 0.1) is 0 Å². The zero-order valence-electron chi connectivity index (χ0n) is 14.6. The van der Waals surface area contributed by atoms with E-state index in [4.69, 9.17) is 27.9 Å². The lowest BCUT2D eigenvalue weighted by molar-refractivity contribution is 0.0600. The third kappa shape index (κ3) is 4.21. The van der Waals surface area contributed by atoms with Gasteiger partial charge in [0.05, 0.1) is 37.0 Å². The van der Waals surface area contributed by atoms with Crippen molar-refractivity contribution in [1.82, 2.24) is 0 Å². The van der Waals surface area contributed by atoms with Crippen molar-refractivity contribution in [3.05, 3.63) is 64.7 Å². The largest absolute Gasteiger partial charge is 0.495 e. The molecule has 0 aliphatic carbocycles. The molecule has 0 aliphatic rings. The first-order valence-corrected chi connectivity index (χ1v) is 9.81. The van der Waals surface area contributed by atoms with E-state index in [-0.39, 0.29) is 38.5 Å². The summed E-state index contributed by atoms with van der Waals surface area (Å²) in [6.07, 6.45) is 1.42. The Balaban J connectivity index is 2.61. The maximum Gasteiger partial charge on any atom is 0.337 e. The van der Waals surface area contributed by atoms with Gasteiger partial charge in [-0.3, -0.25) is 4.31 Å². The first kappa shape index (κ1) is 21.1. The minimum absolute atomic E-state index is 0.0119. The number of benzene rings is 2. The summed E-state index contributed by atoms with van der Waals surface area (Å²) in [5, 5.41) is -0.170. The number of halogens is 2. The van der Waals surface area contributed by atoms with Crippen molar-refractivity contribution in [2.24, 2.45) is 0 Å². The molecule has 0 N–H and O–H groups in total. The molecule has 9 heteroatoms. The van der Waals surface area contributed by atoms with Crippen molar-refractivity contribution in [3.63, 3.8) is 0 Å². The lowest BCUT2D eigenvalue weighted by Crippen LogP contribution is -2.31. The lowest BCUT2D eigenvalue weighted by Gasteiger charge is -2.24. The Bertz CT molecular complexity index is 976. The first-order valence-electron chi connectivity index (χ1n) is 7.62. The molecule has 0 bridgehead atoms. The minimum atomic E-state index is -4.11. The Morgan fingerprint density at radius 3 is 2.48 bits per heavy atom. The molecule has 0 spiro atoms. The summed E-state index contributed by atoms with van der Waals surface area (Å²) < 4.78 is 37.2. The molecule has 0 amide bonds. The van der Waals surface area contributed by atoms with E-state index in [2.05, 4.69) is 11.3 Å². The van der Waals surface area contributed by atoms with Crippen LogP contribution < -0.4 is 9.04 Å². The number of ether oxygens (including phenoxy) is 2. The van der Waals surface area contributed by atoms with Crippen molar-refractivity contribution in [2.75, 3.05) is 25.1 Å². The van der Waals surface area contributed by atoms with Crippen LogP contribution in [0.4, 0.5) is 5.69 Å². The van der Waals surface area contributed by atoms with Crippen molar-refractivity contribution in [1.29, 1.82) is 0 Å². The molecule has 0 fully saturated rings. The smallest absolute Gasteiger partial charge is 0.337 e. The molecular formula is C18H17Cl2NO5S. The summed E-state index contributed by atoms with van der Waals surface area (Å²) in [7, 11) is -1.47. The average Bonchev–Trinajstić information content (AvgIpc) is 2.67. The van der Waals surface area contributed by atoms with Gasteiger partial charge in [-0.2, -0.15) is 0 Å². The minimum Gasteiger partial charge on any atom is -0.495 e. The molecule has 0 unspecified atom stereocenters. The molecule has 2 rings (SSSR count). The van der Waals surface area contributed by atoms with E-state index < -0.39 is 16.0 Å². The van der Waals surface area contributed by atoms with Gasteiger partial charge in [0.2, 0.25) is 0 Å². The summed E-state index contributed by atoms with van der Waals surface area (Å²) in [6.45, 7) is 3.55. The van der Waals surface area contributed by atoms with Gasteiger partial charge >= 0.3 is 5.97 Å². The van der Waals surface area contributed by atoms with E-state index in [0.717, 1.165) is 4.31 Å². The first-order chi connectivity index (χ1) is 12.8. The highest BCUT2D eigenvalue weighted by atomic mass is 35.5. The number of anilines is 1. The van der Waals surface area contributed by atoms with Crippen molar-refractivity contribution < 1.29 is 22.7 Å². The van der Waals surface area contributed by atoms with Crippen LogP contribution in [-0.4, -0.2) is 35.2 Å². The summed E-state index contributed by atoms with van der Waals surface area (Å²) in [5.41, 5.74) is 0.457. The molecule has 0 aliphatic heterocycles. The van der Waals surface area contributed by atoms with Crippen LogP contribution in [0.3, 0.4) is 0 Å². The van der Waals surface area contributed by atoms with E-state index in [1.165, 1.54) is 44.6 Å². The standard InChI is InChI=1S/C18H17Cl2NO5S/c1-4-10-21(13-7-5-6-12(11-13)18(22)26-3)27(23,24)15-9-8-14(25-2)16(19)17(15)20/h4-9,11H,1,10H2,2-3H3. The van der Waals surface area contributed by atoms with Gasteiger partial charge in [-0.05, 0) is 30.3 Å². The molecule has 0 saturated heterocycles. The molecular weight excluding hydrogens is 413 g/mol. The summed E-state index contributed by atoms with van der Waals surface area (Å²) in [5.74, 6) is -0.332. The fraction of sp³-hybridized carbons (Fsp3) is 0.167. The van der Waals surface area contributed by atoms with Gasteiger partial charge in [0.15, 0.2) is 0 Å². The van der Waals surface area contributed by atoms with E-state index in [9.17, 15) is 13.2 Å². The third-order valence-electron chi connectivity index (χ3n) is 3.65. The quantitative estimate of drug-likeness (QED) is 0.487. The van der Waals surface area contributed by atoms with Gasteiger partial charge in [0.1, 0.15) is 15.7 Å². The Morgan fingerprint density at radius 2 is 1.89 bits per heavy atom. The van der Waals surface area contributed by atoms with Gasteiger partial charge in [0, 0.05) is 0 Å². The van der Waals surface area contributed by atoms with E-state index in [1.54, 1.807) is 12.1 Å². The number of sulfonamides is 1. The predicted octanol–water partition coefficient (Wildman–Crippen LogP) is 4.17. The Hall–Kier alpha value is -2.22. The second-order valence-corrected chi connectivity index (χ2v) is 7.85. The lowest BCUT2D eigenvalue weighted by atomic mass is 10.2. The monoisotopic (exact) mass is 429 g/mol. The van der Waals surface area contributed by atoms with Gasteiger partial charge in [-0.1, -0.05) is 35.3 Å². The number of hydrogen-bond donors (Lipinski definition) is 0. The normalized spacial score (nSPS) is 11.0. The van der Waals surface area contributed by atoms with Gasteiger partial charge < -0.3 is 9.47 Å². The van der Waals surface area contributed by atoms with E-state index in [1.807, 2.05) is 0 Å². The van der Waals surface area contributed by atoms with Gasteiger partial charge in [-0.25, -0.2) is 13.2 Å². The Morgan fingerprint density at radius 1 is 1.19 bits per heavy atom. The maximum atomic E-state index is 13.2. The molecule has 0 saturated carbocycles. The summed E-state index contributed by atoms with van der Waals surface area (Å²) in [4.78, 5) is 11.6. The van der Waals surface area contributed by atoms with E-state index in [0.29, 0.717) is 0 Å². The number of carbonyl (C=O) groups excluding carboxylic acids is 1. The molecule has 0 heterocycles. The Labute approximate surface area is 168 Å². The number of nitrogens with zero attached hydrogens (tertiary/aromatic N) is 1. The van der Waals surface area contributed by atoms with Crippen molar-refractivity contribution >= 4 is 44.9 Å². The van der Waals surface area contributed by atoms with Gasteiger partial charge in [-0.15, -0.1) is 6.58 Å². The highest BCUT2D eigenvalue weighted by molar-refractivity contribution is 7.93. The van der Waals surface area contributed by atoms with Crippen molar-refractivity contribution in [3.8, 4) is 5.75 Å². The fourth-order valence-electron chi connectivity index (χ4n) is 2.36. The zero-order valence-corrected chi connectivity index (χ0v) is 16.9. The maximum absolute atomic E-state index is 13.2. The summed E-state index contributed by atoms with van der Waals surface area (Å²) in [6, 6.07) is 8.75. The highest BCUT2D eigenvalue weighted by Gasteiger charge is 2.29. The SMILES string of the molecule is C=CCN(c1cccc(C(=O)OC)c1)S(=O)(=O)c1ccc(OC)c(Cl)c1Cl. The number of rotatable bonds is 7. The highest BCUT2D eigenvalue weighted by Crippen LogP contribution is 2.38. The number of methoxy groups -OCH3 is 2. The molecule has 2 aromatic carbocycles. The molecule has 0 radical (unpaired) electrons. The molecule has 0 atom stereocenters. The number of carbonyl (C=O) groups is 1.